The van der Waals surface area contributed by atoms with Gasteiger partial charge in [-0.2, -0.15) is 0 Å². The van der Waals surface area contributed by atoms with E-state index in [1.165, 1.54) is 29.5 Å². The Morgan fingerprint density at radius 3 is 2.48 bits per heavy atom. The van der Waals surface area contributed by atoms with Gasteiger partial charge in [0.1, 0.15) is 4.90 Å². The van der Waals surface area contributed by atoms with E-state index >= 15 is 0 Å². The molecule has 112 valence electrons. The summed E-state index contributed by atoms with van der Waals surface area (Å²) in [6.45, 7) is 3.85. The fourth-order valence-electron chi connectivity index (χ4n) is 1.68. The van der Waals surface area contributed by atoms with Crippen molar-refractivity contribution in [1.82, 2.24) is 0 Å². The quantitative estimate of drug-likeness (QED) is 0.897. The molecule has 0 aliphatic rings. The highest BCUT2D eigenvalue weighted by Crippen LogP contribution is 2.26. The predicted molar refractivity (Wildman–Crippen MR) is 84.6 cm³/mol. The zero-order valence-corrected chi connectivity index (χ0v) is 13.7. The first kappa shape index (κ1) is 16.0. The Morgan fingerprint density at radius 2 is 1.95 bits per heavy atom. The van der Waals surface area contributed by atoms with Gasteiger partial charge in [-0.25, -0.2) is 13.6 Å². The smallest absolute Gasteiger partial charge is 0.265 e. The summed E-state index contributed by atoms with van der Waals surface area (Å²) < 4.78 is 22.8. The standard InChI is InChI=1S/C13H13ClN2O3S2/c1-7-5-11(20-8(7)2)13(17)16-9-3-4-10(14)12(6-9)21(15,18)19/h3-6H,1-2H3,(H,16,17)(H2,15,18,19). The molecule has 0 saturated carbocycles. The summed E-state index contributed by atoms with van der Waals surface area (Å²) in [6, 6.07) is 5.92. The number of carbonyl (C=O) groups excluding carboxylic acids is 1. The summed E-state index contributed by atoms with van der Waals surface area (Å²) in [4.78, 5) is 13.5. The van der Waals surface area contributed by atoms with Crippen LogP contribution in [-0.2, 0) is 10.0 Å². The van der Waals surface area contributed by atoms with Crippen molar-refractivity contribution >= 4 is 44.6 Å². The molecule has 8 heteroatoms. The largest absolute Gasteiger partial charge is 0.321 e. The molecule has 0 fully saturated rings. The van der Waals surface area contributed by atoms with Gasteiger partial charge in [0.2, 0.25) is 10.0 Å². The molecule has 1 aromatic carbocycles. The van der Waals surface area contributed by atoms with E-state index in [1.54, 1.807) is 6.07 Å². The number of benzene rings is 1. The fraction of sp³-hybridized carbons (Fsp3) is 0.154. The molecule has 0 atom stereocenters. The number of thiophene rings is 1. The third-order valence-corrected chi connectivity index (χ3v) is 5.43. The Labute approximate surface area is 131 Å². The molecule has 0 bridgehead atoms. The van der Waals surface area contributed by atoms with Gasteiger partial charge in [-0.05, 0) is 43.7 Å². The highest BCUT2D eigenvalue weighted by Gasteiger charge is 2.16. The molecule has 1 amide bonds. The third-order valence-electron chi connectivity index (χ3n) is 2.89. The van der Waals surface area contributed by atoms with Gasteiger partial charge in [-0.3, -0.25) is 4.79 Å². The van der Waals surface area contributed by atoms with Crippen molar-refractivity contribution in [2.45, 2.75) is 18.7 Å². The average molecular weight is 345 g/mol. The van der Waals surface area contributed by atoms with Crippen LogP contribution in [0.5, 0.6) is 0 Å². The molecule has 1 aromatic heterocycles. The molecule has 3 N–H and O–H groups in total. The van der Waals surface area contributed by atoms with Crippen LogP contribution in [0.1, 0.15) is 20.1 Å². The van der Waals surface area contributed by atoms with Gasteiger partial charge >= 0.3 is 0 Å². The highest BCUT2D eigenvalue weighted by atomic mass is 35.5. The third kappa shape index (κ3) is 3.62. The first-order valence-corrected chi connectivity index (χ1v) is 8.63. The summed E-state index contributed by atoms with van der Waals surface area (Å²) in [7, 11) is -3.94. The summed E-state index contributed by atoms with van der Waals surface area (Å²) in [5.41, 5.74) is 1.35. The number of primary sulfonamides is 1. The van der Waals surface area contributed by atoms with Crippen LogP contribution in [0.3, 0.4) is 0 Å². The summed E-state index contributed by atoms with van der Waals surface area (Å²) in [5, 5.41) is 7.71. The highest BCUT2D eigenvalue weighted by molar-refractivity contribution is 7.89. The zero-order chi connectivity index (χ0) is 15.8. The lowest BCUT2D eigenvalue weighted by Gasteiger charge is -2.07. The van der Waals surface area contributed by atoms with Crippen molar-refractivity contribution in [2.24, 2.45) is 5.14 Å². The number of carbonyl (C=O) groups is 1. The van der Waals surface area contributed by atoms with Crippen LogP contribution in [-0.4, -0.2) is 14.3 Å². The summed E-state index contributed by atoms with van der Waals surface area (Å²) in [6.07, 6.45) is 0. The number of anilines is 1. The number of hydrogen-bond acceptors (Lipinski definition) is 4. The maximum atomic E-state index is 12.1. The molecule has 5 nitrogen and oxygen atoms in total. The normalized spacial score (nSPS) is 11.4. The van der Waals surface area contributed by atoms with E-state index in [2.05, 4.69) is 5.32 Å². The number of rotatable bonds is 3. The lowest BCUT2D eigenvalue weighted by atomic mass is 10.2. The summed E-state index contributed by atoms with van der Waals surface area (Å²) >= 11 is 7.16. The van der Waals surface area contributed by atoms with Crippen molar-refractivity contribution in [2.75, 3.05) is 5.32 Å². The van der Waals surface area contributed by atoms with Crippen molar-refractivity contribution in [1.29, 1.82) is 0 Å². The van der Waals surface area contributed by atoms with Gasteiger partial charge in [-0.15, -0.1) is 11.3 Å². The van der Waals surface area contributed by atoms with E-state index in [4.69, 9.17) is 16.7 Å². The van der Waals surface area contributed by atoms with E-state index in [1.807, 2.05) is 13.8 Å². The van der Waals surface area contributed by atoms with Crippen molar-refractivity contribution in [3.05, 3.63) is 44.6 Å². The van der Waals surface area contributed by atoms with Crippen LogP contribution in [0.25, 0.3) is 0 Å². The van der Waals surface area contributed by atoms with Crippen LogP contribution < -0.4 is 10.5 Å². The van der Waals surface area contributed by atoms with Gasteiger partial charge in [0.05, 0.1) is 9.90 Å². The van der Waals surface area contributed by atoms with Crippen LogP contribution in [0.2, 0.25) is 5.02 Å². The number of amides is 1. The number of sulfonamides is 1. The van der Waals surface area contributed by atoms with Gasteiger partial charge in [-0.1, -0.05) is 11.6 Å². The van der Waals surface area contributed by atoms with Crippen LogP contribution in [0.15, 0.2) is 29.2 Å². The number of hydrogen-bond donors (Lipinski definition) is 2. The maximum absolute atomic E-state index is 12.1. The van der Waals surface area contributed by atoms with Gasteiger partial charge < -0.3 is 5.32 Å². The molecule has 2 aromatic rings. The van der Waals surface area contributed by atoms with Crippen molar-refractivity contribution in [3.8, 4) is 0 Å². The minimum absolute atomic E-state index is 0.0123. The Morgan fingerprint density at radius 1 is 1.29 bits per heavy atom. The molecule has 0 spiro atoms. The number of nitrogens with two attached hydrogens (primary N) is 1. The second-order valence-corrected chi connectivity index (χ2v) is 7.69. The van der Waals surface area contributed by atoms with Crippen LogP contribution in [0.4, 0.5) is 5.69 Å². The van der Waals surface area contributed by atoms with Crippen molar-refractivity contribution in [3.63, 3.8) is 0 Å². The van der Waals surface area contributed by atoms with Crippen LogP contribution in [0, 0.1) is 13.8 Å². The minimum atomic E-state index is -3.94. The number of aryl methyl sites for hydroxylation is 2. The number of nitrogens with one attached hydrogen (secondary N) is 1. The lowest BCUT2D eigenvalue weighted by molar-refractivity contribution is 0.103. The second-order valence-electron chi connectivity index (χ2n) is 4.49. The Hall–Kier alpha value is -1.41. The fourth-order valence-corrected chi connectivity index (χ4v) is 3.68. The SMILES string of the molecule is Cc1cc(C(=O)Nc2ccc(Cl)c(S(N)(=O)=O)c2)sc1C. The second kappa shape index (κ2) is 5.76. The monoisotopic (exact) mass is 344 g/mol. The topological polar surface area (TPSA) is 89.3 Å². The molecule has 1 heterocycles. The molecule has 0 unspecified atom stereocenters. The number of halogens is 1. The van der Waals surface area contributed by atoms with Gasteiger partial charge in [0.15, 0.2) is 0 Å². The molecule has 0 radical (unpaired) electrons. The van der Waals surface area contributed by atoms with Gasteiger partial charge in [0.25, 0.3) is 5.91 Å². The Bertz CT molecular complexity index is 793. The zero-order valence-electron chi connectivity index (χ0n) is 11.3. The minimum Gasteiger partial charge on any atom is -0.321 e. The van der Waals surface area contributed by atoms with Crippen LogP contribution >= 0.6 is 22.9 Å². The molecular weight excluding hydrogens is 332 g/mol. The molecule has 2 rings (SSSR count). The van der Waals surface area contributed by atoms with E-state index in [0.717, 1.165) is 10.4 Å². The molecule has 0 aliphatic heterocycles. The average Bonchev–Trinajstić information content (AvgIpc) is 2.71. The molecular formula is C13H13ClN2O3S2. The summed E-state index contributed by atoms with van der Waals surface area (Å²) in [5.74, 6) is -0.307. The molecule has 21 heavy (non-hydrogen) atoms. The lowest BCUT2D eigenvalue weighted by Crippen LogP contribution is -2.14. The van der Waals surface area contributed by atoms with E-state index in [9.17, 15) is 13.2 Å². The van der Waals surface area contributed by atoms with Gasteiger partial charge in [0, 0.05) is 10.6 Å². The van der Waals surface area contributed by atoms with Crippen molar-refractivity contribution < 1.29 is 13.2 Å². The maximum Gasteiger partial charge on any atom is 0.265 e. The van der Waals surface area contributed by atoms with E-state index in [-0.39, 0.29) is 15.8 Å². The van der Waals surface area contributed by atoms with E-state index in [0.29, 0.717) is 10.6 Å². The molecule has 0 aliphatic carbocycles. The Balaban J connectivity index is 2.30. The van der Waals surface area contributed by atoms with E-state index < -0.39 is 10.0 Å². The first-order valence-electron chi connectivity index (χ1n) is 5.89. The molecule has 0 saturated heterocycles. The first-order chi connectivity index (χ1) is 9.68. The Kier molecular flexibility index (Phi) is 4.38. The predicted octanol–water partition coefficient (Wildman–Crippen LogP) is 2.92.